The molecule has 4 nitrogen and oxygen atoms in total. The van der Waals surface area contributed by atoms with Crippen molar-refractivity contribution in [3.8, 4) is 0 Å². The number of anilines is 2. The van der Waals surface area contributed by atoms with E-state index in [4.69, 9.17) is 0 Å². The average molecular weight is 350 g/mol. The Morgan fingerprint density at radius 1 is 1.00 bits per heavy atom. The number of carbonyl (C=O) groups is 2. The van der Waals surface area contributed by atoms with Crippen molar-refractivity contribution in [2.45, 2.75) is 6.92 Å². The van der Waals surface area contributed by atoms with Gasteiger partial charge in [0.2, 0.25) is 0 Å². The third-order valence-corrected chi connectivity index (χ3v) is 4.61. The molecule has 0 atom stereocenters. The lowest BCUT2D eigenvalue weighted by Crippen LogP contribution is -2.30. The quantitative estimate of drug-likeness (QED) is 0.727. The fourth-order valence-electron chi connectivity index (χ4n) is 2.54. The van der Waals surface area contributed by atoms with E-state index in [0.29, 0.717) is 22.7 Å². The third kappa shape index (κ3) is 3.95. The Labute approximate surface area is 150 Å². The maximum atomic E-state index is 12.9. The monoisotopic (exact) mass is 350 g/mol. The highest BCUT2D eigenvalue weighted by atomic mass is 32.1. The van der Waals surface area contributed by atoms with E-state index >= 15 is 0 Å². The van der Waals surface area contributed by atoms with E-state index in [-0.39, 0.29) is 11.8 Å². The number of carbonyl (C=O) groups excluding carboxylic acids is 2. The zero-order chi connectivity index (χ0) is 17.6. The van der Waals surface area contributed by atoms with Gasteiger partial charge in [0, 0.05) is 23.5 Å². The molecule has 0 saturated heterocycles. The molecule has 5 heteroatoms. The van der Waals surface area contributed by atoms with Crippen LogP contribution in [0.5, 0.6) is 0 Å². The molecule has 1 N–H and O–H groups in total. The van der Waals surface area contributed by atoms with Crippen LogP contribution in [-0.2, 0) is 0 Å². The first-order valence-electron chi connectivity index (χ1n) is 8.01. The standard InChI is InChI=1S/C20H18N2O2S/c1-2-22(17-10-4-3-5-11-17)20(24)15-8-6-9-16(14-15)21-19(23)18-12-7-13-25-18/h3-14H,2H2,1H3,(H,21,23). The number of hydrogen-bond donors (Lipinski definition) is 1. The predicted octanol–water partition coefficient (Wildman–Crippen LogP) is 4.67. The number of benzene rings is 2. The van der Waals surface area contributed by atoms with Gasteiger partial charge in [-0.25, -0.2) is 0 Å². The highest BCUT2D eigenvalue weighted by Crippen LogP contribution is 2.19. The van der Waals surface area contributed by atoms with Crippen molar-refractivity contribution in [3.05, 3.63) is 82.6 Å². The Hall–Kier alpha value is -2.92. The molecule has 25 heavy (non-hydrogen) atoms. The van der Waals surface area contributed by atoms with Gasteiger partial charge in [-0.2, -0.15) is 0 Å². The van der Waals surface area contributed by atoms with Crippen LogP contribution in [0.4, 0.5) is 11.4 Å². The van der Waals surface area contributed by atoms with E-state index in [1.54, 1.807) is 35.2 Å². The van der Waals surface area contributed by atoms with Crippen molar-refractivity contribution in [2.75, 3.05) is 16.8 Å². The minimum Gasteiger partial charge on any atom is -0.321 e. The van der Waals surface area contributed by atoms with Gasteiger partial charge in [-0.15, -0.1) is 11.3 Å². The number of hydrogen-bond acceptors (Lipinski definition) is 3. The molecule has 0 aliphatic rings. The molecule has 0 aliphatic heterocycles. The van der Waals surface area contributed by atoms with Gasteiger partial charge < -0.3 is 10.2 Å². The lowest BCUT2D eigenvalue weighted by molar-refractivity contribution is 0.0985. The van der Waals surface area contributed by atoms with Crippen molar-refractivity contribution in [3.63, 3.8) is 0 Å². The second kappa shape index (κ2) is 7.77. The van der Waals surface area contributed by atoms with Crippen molar-refractivity contribution in [1.82, 2.24) is 0 Å². The largest absolute Gasteiger partial charge is 0.321 e. The first kappa shape index (κ1) is 16.9. The van der Waals surface area contributed by atoms with Crippen molar-refractivity contribution in [1.29, 1.82) is 0 Å². The topological polar surface area (TPSA) is 49.4 Å². The first-order valence-corrected chi connectivity index (χ1v) is 8.89. The van der Waals surface area contributed by atoms with Gasteiger partial charge >= 0.3 is 0 Å². The molecule has 1 aromatic heterocycles. The molecule has 2 amide bonds. The van der Waals surface area contributed by atoms with Gasteiger partial charge in [0.15, 0.2) is 0 Å². The van der Waals surface area contributed by atoms with Gasteiger partial charge in [0.25, 0.3) is 11.8 Å². The van der Waals surface area contributed by atoms with Crippen LogP contribution < -0.4 is 10.2 Å². The van der Waals surface area contributed by atoms with E-state index in [2.05, 4.69) is 5.32 Å². The van der Waals surface area contributed by atoms with Crippen LogP contribution >= 0.6 is 11.3 Å². The Morgan fingerprint density at radius 3 is 2.48 bits per heavy atom. The molecule has 2 aromatic carbocycles. The molecule has 0 aliphatic carbocycles. The number of thiophene rings is 1. The second-order valence-electron chi connectivity index (χ2n) is 5.40. The molecule has 0 radical (unpaired) electrons. The summed E-state index contributed by atoms with van der Waals surface area (Å²) in [6.45, 7) is 2.50. The van der Waals surface area contributed by atoms with E-state index in [1.165, 1.54) is 11.3 Å². The molecule has 3 rings (SSSR count). The number of nitrogens with one attached hydrogen (secondary N) is 1. The number of rotatable bonds is 5. The van der Waals surface area contributed by atoms with Gasteiger partial charge in [0.1, 0.15) is 0 Å². The molecule has 126 valence electrons. The summed E-state index contributed by atoms with van der Waals surface area (Å²) in [6.07, 6.45) is 0. The van der Waals surface area contributed by atoms with E-state index < -0.39 is 0 Å². The molecule has 3 aromatic rings. The van der Waals surface area contributed by atoms with Crippen LogP contribution in [0, 0.1) is 0 Å². The summed E-state index contributed by atoms with van der Waals surface area (Å²) in [4.78, 5) is 27.4. The molecular formula is C20H18N2O2S. The smallest absolute Gasteiger partial charge is 0.265 e. The van der Waals surface area contributed by atoms with E-state index in [0.717, 1.165) is 5.69 Å². The molecular weight excluding hydrogens is 332 g/mol. The summed E-state index contributed by atoms with van der Waals surface area (Å²) in [5, 5.41) is 4.69. The Morgan fingerprint density at radius 2 is 1.80 bits per heavy atom. The number of para-hydroxylation sites is 1. The third-order valence-electron chi connectivity index (χ3n) is 3.74. The Balaban J connectivity index is 1.80. The first-order chi connectivity index (χ1) is 12.2. The van der Waals surface area contributed by atoms with Crippen molar-refractivity contribution in [2.24, 2.45) is 0 Å². The fraction of sp³-hybridized carbons (Fsp3) is 0.100. The minimum absolute atomic E-state index is 0.0964. The molecule has 0 saturated carbocycles. The summed E-state index contributed by atoms with van der Waals surface area (Å²) in [6, 6.07) is 20.2. The van der Waals surface area contributed by atoms with Crippen LogP contribution in [0.3, 0.4) is 0 Å². The Bertz CT molecular complexity index is 860. The van der Waals surface area contributed by atoms with E-state index in [9.17, 15) is 9.59 Å². The van der Waals surface area contributed by atoms with Crippen molar-refractivity contribution >= 4 is 34.5 Å². The normalized spacial score (nSPS) is 10.3. The van der Waals surface area contributed by atoms with Crippen LogP contribution in [0.2, 0.25) is 0 Å². The highest BCUT2D eigenvalue weighted by molar-refractivity contribution is 7.12. The second-order valence-corrected chi connectivity index (χ2v) is 6.34. The Kier molecular flexibility index (Phi) is 5.26. The fourth-order valence-corrected chi connectivity index (χ4v) is 3.16. The van der Waals surface area contributed by atoms with Crippen molar-refractivity contribution < 1.29 is 9.59 Å². The van der Waals surface area contributed by atoms with Gasteiger partial charge in [-0.05, 0) is 48.7 Å². The lowest BCUT2D eigenvalue weighted by atomic mass is 10.1. The molecule has 1 heterocycles. The predicted molar refractivity (Wildman–Crippen MR) is 103 cm³/mol. The maximum absolute atomic E-state index is 12.9. The summed E-state index contributed by atoms with van der Waals surface area (Å²) in [7, 11) is 0. The zero-order valence-corrected chi connectivity index (χ0v) is 14.6. The number of nitrogens with zero attached hydrogens (tertiary/aromatic N) is 1. The minimum atomic E-state index is -0.171. The molecule has 0 bridgehead atoms. The number of amides is 2. The van der Waals surface area contributed by atoms with Crippen LogP contribution in [0.1, 0.15) is 27.0 Å². The summed E-state index contributed by atoms with van der Waals surface area (Å²) < 4.78 is 0. The molecule has 0 spiro atoms. The van der Waals surface area contributed by atoms with E-state index in [1.807, 2.05) is 48.7 Å². The summed E-state index contributed by atoms with van der Waals surface area (Å²) in [5.74, 6) is -0.268. The average Bonchev–Trinajstić information content (AvgIpc) is 3.18. The maximum Gasteiger partial charge on any atom is 0.265 e. The molecule has 0 unspecified atom stereocenters. The van der Waals surface area contributed by atoms with Gasteiger partial charge in [0.05, 0.1) is 4.88 Å². The van der Waals surface area contributed by atoms with Gasteiger partial charge in [-0.3, -0.25) is 9.59 Å². The molecule has 0 fully saturated rings. The highest BCUT2D eigenvalue weighted by Gasteiger charge is 2.16. The van der Waals surface area contributed by atoms with Gasteiger partial charge in [-0.1, -0.05) is 30.3 Å². The van der Waals surface area contributed by atoms with Crippen LogP contribution in [0.25, 0.3) is 0 Å². The summed E-state index contributed by atoms with van der Waals surface area (Å²) >= 11 is 1.38. The SMILES string of the molecule is CCN(C(=O)c1cccc(NC(=O)c2cccs2)c1)c1ccccc1. The lowest BCUT2D eigenvalue weighted by Gasteiger charge is -2.21. The van der Waals surface area contributed by atoms with Crippen LogP contribution in [-0.4, -0.2) is 18.4 Å². The van der Waals surface area contributed by atoms with Crippen LogP contribution in [0.15, 0.2) is 72.1 Å². The summed E-state index contributed by atoms with van der Waals surface area (Å²) in [5.41, 5.74) is 1.99. The zero-order valence-electron chi connectivity index (χ0n) is 13.8.